The molecule has 0 N–H and O–H groups in total. The Labute approximate surface area is 260 Å². The molecule has 0 saturated carbocycles. The molecule has 2 heteroatoms. The highest BCUT2D eigenvalue weighted by molar-refractivity contribution is 5.82. The van der Waals surface area contributed by atoms with Gasteiger partial charge in [-0.15, -0.1) is 0 Å². The highest BCUT2D eigenvalue weighted by atomic mass is 15.2. The Balaban J connectivity index is 1.08. The molecule has 0 bridgehead atoms. The van der Waals surface area contributed by atoms with Crippen LogP contribution in [0.4, 0.5) is 17.1 Å². The van der Waals surface area contributed by atoms with Crippen LogP contribution in [0.3, 0.4) is 0 Å². The number of anilines is 3. The summed E-state index contributed by atoms with van der Waals surface area (Å²) in [6.07, 6.45) is 25.8. The van der Waals surface area contributed by atoms with Crippen molar-refractivity contribution in [1.82, 2.24) is 0 Å². The Morgan fingerprint density at radius 3 is 2.05 bits per heavy atom. The topological polar surface area (TPSA) is 6.48 Å². The standard InChI is InChI=1S/C42H34N2/c1-3-12-29(13-4-1)30-14-11-17-34(26-30)44-40-21-10-8-19-36(40)38-28-32(23-25-42(38)44)31-22-24-41-37(27-31)35-18-7-9-20-39(35)43(41)33-15-5-2-6-16-33/h1-28,35-36,38-40,42H. The molecule has 4 aromatic carbocycles. The maximum atomic E-state index is 2.65. The van der Waals surface area contributed by atoms with Crippen LogP contribution in [0.25, 0.3) is 16.7 Å². The zero-order valence-corrected chi connectivity index (χ0v) is 24.5. The van der Waals surface area contributed by atoms with Gasteiger partial charge in [-0.25, -0.2) is 0 Å². The van der Waals surface area contributed by atoms with Crippen molar-refractivity contribution >= 4 is 22.6 Å². The molecule has 0 amide bonds. The summed E-state index contributed by atoms with van der Waals surface area (Å²) in [4.78, 5) is 5.16. The van der Waals surface area contributed by atoms with E-state index < -0.39 is 0 Å². The van der Waals surface area contributed by atoms with Crippen LogP contribution in [0.1, 0.15) is 17.0 Å². The van der Waals surface area contributed by atoms with Crippen molar-refractivity contribution in [2.45, 2.75) is 24.0 Å². The predicted octanol–water partition coefficient (Wildman–Crippen LogP) is 9.65. The van der Waals surface area contributed by atoms with Gasteiger partial charge in [0.05, 0.1) is 18.1 Å². The Hall–Kier alpha value is -5.08. The highest BCUT2D eigenvalue weighted by Crippen LogP contribution is 2.50. The van der Waals surface area contributed by atoms with Gasteiger partial charge in [0.2, 0.25) is 0 Å². The quantitative estimate of drug-likeness (QED) is 0.243. The van der Waals surface area contributed by atoms with E-state index in [2.05, 4.69) is 180 Å². The van der Waals surface area contributed by atoms with E-state index in [1.807, 2.05) is 0 Å². The third kappa shape index (κ3) is 4.02. The van der Waals surface area contributed by atoms with Gasteiger partial charge < -0.3 is 9.80 Å². The van der Waals surface area contributed by atoms with Gasteiger partial charge in [-0.05, 0) is 64.2 Å². The van der Waals surface area contributed by atoms with E-state index in [4.69, 9.17) is 0 Å². The predicted molar refractivity (Wildman–Crippen MR) is 184 cm³/mol. The van der Waals surface area contributed by atoms with Crippen LogP contribution in [-0.2, 0) is 0 Å². The average molecular weight is 567 g/mol. The largest absolute Gasteiger partial charge is 0.357 e. The highest BCUT2D eigenvalue weighted by Gasteiger charge is 2.46. The number of benzene rings is 4. The first kappa shape index (κ1) is 25.4. The van der Waals surface area contributed by atoms with Crippen LogP contribution in [0.5, 0.6) is 0 Å². The van der Waals surface area contributed by atoms with E-state index in [-0.39, 0.29) is 0 Å². The molecule has 2 nitrogen and oxygen atoms in total. The smallest absolute Gasteiger partial charge is 0.0629 e. The normalized spacial score (nSPS) is 27.1. The molecule has 3 aliphatic carbocycles. The summed E-state index contributed by atoms with van der Waals surface area (Å²) in [6, 6.07) is 38.7. The lowest BCUT2D eigenvalue weighted by Crippen LogP contribution is -2.36. The van der Waals surface area contributed by atoms with Crippen LogP contribution in [0, 0.1) is 11.8 Å². The Kier molecular flexibility index (Phi) is 5.94. The molecule has 1 saturated heterocycles. The second-order valence-electron chi connectivity index (χ2n) is 12.5. The second-order valence-corrected chi connectivity index (χ2v) is 12.5. The van der Waals surface area contributed by atoms with Crippen molar-refractivity contribution in [2.24, 2.45) is 11.8 Å². The molecular formula is C42H34N2. The van der Waals surface area contributed by atoms with Gasteiger partial charge in [0.1, 0.15) is 0 Å². The molecule has 9 rings (SSSR count). The minimum atomic E-state index is 0.308. The van der Waals surface area contributed by atoms with Crippen molar-refractivity contribution in [3.8, 4) is 11.1 Å². The van der Waals surface area contributed by atoms with Crippen molar-refractivity contribution in [2.75, 3.05) is 9.80 Å². The van der Waals surface area contributed by atoms with E-state index >= 15 is 0 Å². The second kappa shape index (κ2) is 10.3. The monoisotopic (exact) mass is 566 g/mol. The summed E-state index contributed by atoms with van der Waals surface area (Å²) < 4.78 is 0. The molecule has 4 aromatic rings. The average Bonchev–Trinajstić information content (AvgIpc) is 3.61. The Morgan fingerprint density at radius 2 is 1.18 bits per heavy atom. The van der Waals surface area contributed by atoms with Gasteiger partial charge in [0, 0.05) is 34.8 Å². The van der Waals surface area contributed by atoms with Gasteiger partial charge in [-0.1, -0.05) is 134 Å². The molecule has 2 heterocycles. The Morgan fingerprint density at radius 1 is 0.477 bits per heavy atom. The third-order valence-corrected chi connectivity index (χ3v) is 10.1. The van der Waals surface area contributed by atoms with E-state index in [9.17, 15) is 0 Å². The fraction of sp³-hybridized carbons (Fsp3) is 0.143. The maximum Gasteiger partial charge on any atom is 0.0629 e. The molecule has 212 valence electrons. The summed E-state index contributed by atoms with van der Waals surface area (Å²) in [5.74, 6) is 1.19. The van der Waals surface area contributed by atoms with Gasteiger partial charge >= 0.3 is 0 Å². The lowest BCUT2D eigenvalue weighted by molar-refractivity contribution is 0.528. The summed E-state index contributed by atoms with van der Waals surface area (Å²) in [5.41, 5.74) is 10.4. The van der Waals surface area contributed by atoms with E-state index in [1.165, 1.54) is 44.9 Å². The number of nitrogens with zero attached hydrogens (tertiary/aromatic N) is 2. The minimum Gasteiger partial charge on any atom is -0.357 e. The number of para-hydroxylation sites is 1. The molecular weight excluding hydrogens is 532 g/mol. The molecule has 6 unspecified atom stereocenters. The zero-order valence-electron chi connectivity index (χ0n) is 24.5. The third-order valence-electron chi connectivity index (χ3n) is 10.1. The van der Waals surface area contributed by atoms with Gasteiger partial charge in [0.25, 0.3) is 0 Å². The first-order chi connectivity index (χ1) is 21.8. The van der Waals surface area contributed by atoms with E-state index in [1.54, 1.807) is 0 Å². The van der Waals surface area contributed by atoms with Crippen LogP contribution in [-0.4, -0.2) is 18.1 Å². The van der Waals surface area contributed by atoms with Crippen LogP contribution in [0.2, 0.25) is 0 Å². The molecule has 0 aromatic heterocycles. The maximum absolute atomic E-state index is 2.65. The number of hydrogen-bond acceptors (Lipinski definition) is 2. The SMILES string of the molecule is C1=CC2c3cc(C4=CC5C6C=CC=CC6N(c6cccc(-c7ccccc7)c6)C5C=C4)ccc3N(c3ccccc3)C2C=C1. The van der Waals surface area contributed by atoms with Gasteiger partial charge in [-0.2, -0.15) is 0 Å². The number of rotatable bonds is 4. The van der Waals surface area contributed by atoms with Crippen LogP contribution >= 0.6 is 0 Å². The van der Waals surface area contributed by atoms with Crippen molar-refractivity contribution in [1.29, 1.82) is 0 Å². The molecule has 6 atom stereocenters. The summed E-state index contributed by atoms with van der Waals surface area (Å²) in [6.45, 7) is 0. The summed E-state index contributed by atoms with van der Waals surface area (Å²) >= 11 is 0. The first-order valence-corrected chi connectivity index (χ1v) is 15.9. The fourth-order valence-corrected chi connectivity index (χ4v) is 8.18. The molecule has 1 fully saturated rings. The molecule has 44 heavy (non-hydrogen) atoms. The fourth-order valence-electron chi connectivity index (χ4n) is 8.18. The molecule has 5 aliphatic rings. The molecule has 0 spiro atoms. The van der Waals surface area contributed by atoms with Crippen LogP contribution in [0.15, 0.2) is 170 Å². The zero-order chi connectivity index (χ0) is 29.0. The number of hydrogen-bond donors (Lipinski definition) is 0. The molecule has 0 radical (unpaired) electrons. The van der Waals surface area contributed by atoms with Crippen molar-refractivity contribution < 1.29 is 0 Å². The van der Waals surface area contributed by atoms with E-state index in [0.717, 1.165) is 0 Å². The number of allylic oxidation sites excluding steroid dienone is 6. The van der Waals surface area contributed by atoms with Gasteiger partial charge in [0.15, 0.2) is 0 Å². The number of fused-ring (bicyclic) bond motifs is 6. The summed E-state index contributed by atoms with van der Waals surface area (Å²) in [5, 5.41) is 0. The lowest BCUT2D eigenvalue weighted by Gasteiger charge is -2.32. The molecule has 2 aliphatic heterocycles. The van der Waals surface area contributed by atoms with E-state index in [0.29, 0.717) is 35.9 Å². The van der Waals surface area contributed by atoms with Crippen molar-refractivity contribution in [3.63, 3.8) is 0 Å². The lowest BCUT2D eigenvalue weighted by atomic mass is 9.80. The first-order valence-electron chi connectivity index (χ1n) is 15.9. The Bertz CT molecular complexity index is 1910. The summed E-state index contributed by atoms with van der Waals surface area (Å²) in [7, 11) is 0. The van der Waals surface area contributed by atoms with Crippen LogP contribution < -0.4 is 9.80 Å². The van der Waals surface area contributed by atoms with Gasteiger partial charge in [-0.3, -0.25) is 0 Å². The van der Waals surface area contributed by atoms with Crippen molar-refractivity contribution in [3.05, 3.63) is 181 Å². The minimum absolute atomic E-state index is 0.308.